The van der Waals surface area contributed by atoms with Crippen molar-refractivity contribution in [2.45, 2.75) is 20.8 Å². The molecule has 0 aromatic heterocycles. The van der Waals surface area contributed by atoms with Gasteiger partial charge < -0.3 is 10.2 Å². The molecule has 2 nitrogen and oxygen atoms in total. The van der Waals surface area contributed by atoms with Gasteiger partial charge in [0.15, 0.2) is 0 Å². The van der Waals surface area contributed by atoms with Crippen molar-refractivity contribution in [2.24, 2.45) is 0 Å². The third-order valence-electron chi connectivity index (χ3n) is 3.13. The van der Waals surface area contributed by atoms with Gasteiger partial charge in [0.05, 0.1) is 0 Å². The highest BCUT2D eigenvalue weighted by molar-refractivity contribution is 5.78. The minimum absolute atomic E-state index is 0.198. The van der Waals surface area contributed by atoms with Crippen LogP contribution >= 0.6 is 0 Å². The van der Waals surface area contributed by atoms with E-state index in [0.717, 1.165) is 16.7 Å². The predicted molar refractivity (Wildman–Crippen MR) is 69.4 cm³/mol. The van der Waals surface area contributed by atoms with Crippen LogP contribution in [0.2, 0.25) is 0 Å². The monoisotopic (exact) mass is 228 g/mol. The molecule has 2 aromatic rings. The van der Waals surface area contributed by atoms with Crippen LogP contribution in [-0.2, 0) is 0 Å². The van der Waals surface area contributed by atoms with Crippen LogP contribution in [0.4, 0.5) is 0 Å². The molecule has 0 saturated heterocycles. The number of hydrogen-bond donors (Lipinski definition) is 2. The Labute approximate surface area is 101 Å². The van der Waals surface area contributed by atoms with Crippen LogP contribution in [-0.4, -0.2) is 10.2 Å². The standard InChI is InChI=1S/C15H16O2/c1-9-5-4-6-13(16)15(9)12-7-10(2)11(3)8-14(12)17/h4-8,16-17H,1-3H3. The zero-order valence-corrected chi connectivity index (χ0v) is 10.3. The van der Waals surface area contributed by atoms with Crippen molar-refractivity contribution in [2.75, 3.05) is 0 Å². The molecule has 2 heteroatoms. The number of aromatic hydroxyl groups is 2. The topological polar surface area (TPSA) is 40.5 Å². The Morgan fingerprint density at radius 3 is 2.06 bits per heavy atom. The van der Waals surface area contributed by atoms with Crippen molar-refractivity contribution >= 4 is 0 Å². The van der Waals surface area contributed by atoms with Crippen molar-refractivity contribution in [3.8, 4) is 22.6 Å². The van der Waals surface area contributed by atoms with E-state index in [9.17, 15) is 10.2 Å². The Morgan fingerprint density at radius 1 is 0.765 bits per heavy atom. The molecule has 2 aromatic carbocycles. The second-order valence-electron chi connectivity index (χ2n) is 4.42. The molecule has 88 valence electrons. The largest absolute Gasteiger partial charge is 0.507 e. The fraction of sp³-hybridized carbons (Fsp3) is 0.200. The van der Waals surface area contributed by atoms with Crippen molar-refractivity contribution in [1.82, 2.24) is 0 Å². The summed E-state index contributed by atoms with van der Waals surface area (Å²) in [5.74, 6) is 0.404. The maximum atomic E-state index is 10.0. The lowest BCUT2D eigenvalue weighted by molar-refractivity contribution is 0.468. The van der Waals surface area contributed by atoms with Gasteiger partial charge in [0, 0.05) is 11.1 Å². The van der Waals surface area contributed by atoms with Gasteiger partial charge in [-0.3, -0.25) is 0 Å². The molecular formula is C15H16O2. The van der Waals surface area contributed by atoms with E-state index < -0.39 is 0 Å². The van der Waals surface area contributed by atoms with Crippen molar-refractivity contribution < 1.29 is 10.2 Å². The van der Waals surface area contributed by atoms with Crippen LogP contribution in [0.5, 0.6) is 11.5 Å². The fourth-order valence-electron chi connectivity index (χ4n) is 2.00. The highest BCUT2D eigenvalue weighted by atomic mass is 16.3. The van der Waals surface area contributed by atoms with Crippen molar-refractivity contribution in [3.63, 3.8) is 0 Å². The third kappa shape index (κ3) is 1.98. The van der Waals surface area contributed by atoms with Crippen LogP contribution in [0.3, 0.4) is 0 Å². The minimum atomic E-state index is 0.198. The first-order valence-electron chi connectivity index (χ1n) is 5.60. The summed E-state index contributed by atoms with van der Waals surface area (Å²) in [6.07, 6.45) is 0. The van der Waals surface area contributed by atoms with Gasteiger partial charge in [-0.2, -0.15) is 0 Å². The normalized spacial score (nSPS) is 10.5. The molecule has 0 amide bonds. The minimum Gasteiger partial charge on any atom is -0.507 e. The maximum Gasteiger partial charge on any atom is 0.123 e. The molecule has 2 rings (SSSR count). The molecule has 0 radical (unpaired) electrons. The van der Waals surface area contributed by atoms with Gasteiger partial charge in [0.25, 0.3) is 0 Å². The third-order valence-corrected chi connectivity index (χ3v) is 3.13. The van der Waals surface area contributed by atoms with Crippen LogP contribution in [0.1, 0.15) is 16.7 Å². The number of benzene rings is 2. The lowest BCUT2D eigenvalue weighted by Crippen LogP contribution is -1.88. The van der Waals surface area contributed by atoms with Crippen LogP contribution < -0.4 is 0 Å². The van der Waals surface area contributed by atoms with Gasteiger partial charge in [0.2, 0.25) is 0 Å². The van der Waals surface area contributed by atoms with E-state index in [1.54, 1.807) is 18.2 Å². The number of phenolic OH excluding ortho intramolecular Hbond substituents is 2. The van der Waals surface area contributed by atoms with Gasteiger partial charge in [-0.15, -0.1) is 0 Å². The molecule has 0 atom stereocenters. The molecule has 0 fully saturated rings. The molecule has 0 saturated carbocycles. The average Bonchev–Trinajstić information content (AvgIpc) is 2.25. The molecular weight excluding hydrogens is 212 g/mol. The Bertz CT molecular complexity index is 551. The Kier molecular flexibility index (Phi) is 2.80. The molecule has 0 aliphatic heterocycles. The van der Waals surface area contributed by atoms with Crippen LogP contribution in [0.15, 0.2) is 30.3 Å². The highest BCUT2D eigenvalue weighted by Crippen LogP contribution is 2.38. The summed E-state index contributed by atoms with van der Waals surface area (Å²) in [7, 11) is 0. The molecule has 0 spiro atoms. The van der Waals surface area contributed by atoms with Gasteiger partial charge >= 0.3 is 0 Å². The number of rotatable bonds is 1. The van der Waals surface area contributed by atoms with E-state index in [-0.39, 0.29) is 11.5 Å². The Hall–Kier alpha value is -1.96. The summed E-state index contributed by atoms with van der Waals surface area (Å²) in [6.45, 7) is 5.87. The zero-order chi connectivity index (χ0) is 12.6. The van der Waals surface area contributed by atoms with Crippen molar-refractivity contribution in [1.29, 1.82) is 0 Å². The Morgan fingerprint density at radius 2 is 1.41 bits per heavy atom. The maximum absolute atomic E-state index is 10.0. The smallest absolute Gasteiger partial charge is 0.123 e. The molecule has 0 bridgehead atoms. The SMILES string of the molecule is Cc1cc(O)c(-c2c(C)cccc2O)cc1C. The molecule has 17 heavy (non-hydrogen) atoms. The second kappa shape index (κ2) is 4.13. The first-order valence-corrected chi connectivity index (χ1v) is 5.60. The first kappa shape index (κ1) is 11.5. The fourth-order valence-corrected chi connectivity index (χ4v) is 2.00. The summed E-state index contributed by atoms with van der Waals surface area (Å²) in [4.78, 5) is 0. The van der Waals surface area contributed by atoms with E-state index in [1.165, 1.54) is 0 Å². The summed E-state index contributed by atoms with van der Waals surface area (Å²) in [5, 5.41) is 19.9. The number of hydrogen-bond acceptors (Lipinski definition) is 2. The van der Waals surface area contributed by atoms with Gasteiger partial charge in [0.1, 0.15) is 11.5 Å². The van der Waals surface area contributed by atoms with E-state index in [2.05, 4.69) is 0 Å². The quantitative estimate of drug-likeness (QED) is 0.781. The van der Waals surface area contributed by atoms with E-state index in [0.29, 0.717) is 11.1 Å². The van der Waals surface area contributed by atoms with Gasteiger partial charge in [-0.05, 0) is 55.7 Å². The summed E-state index contributed by atoms with van der Waals surface area (Å²) < 4.78 is 0. The molecule has 0 aliphatic carbocycles. The van der Waals surface area contributed by atoms with Crippen LogP contribution in [0, 0.1) is 20.8 Å². The zero-order valence-electron chi connectivity index (χ0n) is 10.3. The summed E-state index contributed by atoms with van der Waals surface area (Å²) >= 11 is 0. The van der Waals surface area contributed by atoms with Crippen molar-refractivity contribution in [3.05, 3.63) is 47.0 Å². The summed E-state index contributed by atoms with van der Waals surface area (Å²) in [5.41, 5.74) is 4.47. The highest BCUT2D eigenvalue weighted by Gasteiger charge is 2.12. The molecule has 2 N–H and O–H groups in total. The molecule has 0 aliphatic rings. The van der Waals surface area contributed by atoms with Gasteiger partial charge in [-0.25, -0.2) is 0 Å². The number of aryl methyl sites for hydroxylation is 3. The second-order valence-corrected chi connectivity index (χ2v) is 4.42. The van der Waals surface area contributed by atoms with Gasteiger partial charge in [-0.1, -0.05) is 12.1 Å². The molecule has 0 heterocycles. The Balaban J connectivity index is 2.73. The average molecular weight is 228 g/mol. The lowest BCUT2D eigenvalue weighted by atomic mass is 9.95. The first-order chi connectivity index (χ1) is 8.00. The lowest BCUT2D eigenvalue weighted by Gasteiger charge is -2.12. The van der Waals surface area contributed by atoms with E-state index in [1.807, 2.05) is 32.9 Å². The van der Waals surface area contributed by atoms with Crippen LogP contribution in [0.25, 0.3) is 11.1 Å². The van der Waals surface area contributed by atoms with E-state index >= 15 is 0 Å². The van der Waals surface area contributed by atoms with E-state index in [4.69, 9.17) is 0 Å². The molecule has 0 unspecified atom stereocenters. The number of phenols is 2. The summed E-state index contributed by atoms with van der Waals surface area (Å²) in [6, 6.07) is 9.00. The predicted octanol–water partition coefficient (Wildman–Crippen LogP) is 3.69.